The van der Waals surface area contributed by atoms with Crippen molar-refractivity contribution in [1.29, 1.82) is 0 Å². The predicted molar refractivity (Wildman–Crippen MR) is 88.1 cm³/mol. The van der Waals surface area contributed by atoms with Crippen molar-refractivity contribution < 1.29 is 0 Å². The van der Waals surface area contributed by atoms with Crippen molar-refractivity contribution in [1.82, 2.24) is 10.2 Å². The van der Waals surface area contributed by atoms with Crippen LogP contribution in [0.1, 0.15) is 17.8 Å². The molecule has 20 heavy (non-hydrogen) atoms. The van der Waals surface area contributed by atoms with Crippen LogP contribution in [0.15, 0.2) is 52.4 Å². The van der Waals surface area contributed by atoms with Crippen LogP contribution in [0.5, 0.6) is 0 Å². The minimum absolute atomic E-state index is 0.281. The molecule has 0 radical (unpaired) electrons. The Hall–Kier alpha value is -1.59. The molecule has 3 aromatic rings. The zero-order valence-electron chi connectivity index (χ0n) is 10.9. The third kappa shape index (κ3) is 2.94. The molecule has 2 aromatic heterocycles. The molecule has 1 aromatic carbocycles. The van der Waals surface area contributed by atoms with Crippen molar-refractivity contribution in [2.45, 2.75) is 13.0 Å². The summed E-state index contributed by atoms with van der Waals surface area (Å²) in [6, 6.07) is 12.7. The first-order valence-electron chi connectivity index (χ1n) is 6.32. The highest BCUT2D eigenvalue weighted by Crippen LogP contribution is 2.29. The van der Waals surface area contributed by atoms with Crippen LogP contribution in [0.3, 0.4) is 0 Å². The molecule has 1 unspecified atom stereocenters. The van der Waals surface area contributed by atoms with Crippen molar-refractivity contribution in [2.24, 2.45) is 0 Å². The van der Waals surface area contributed by atoms with Gasteiger partial charge in [-0.3, -0.25) is 5.10 Å². The second-order valence-electron chi connectivity index (χ2n) is 4.58. The van der Waals surface area contributed by atoms with Gasteiger partial charge in [0.25, 0.3) is 0 Å². The van der Waals surface area contributed by atoms with Crippen LogP contribution in [0, 0.1) is 0 Å². The van der Waals surface area contributed by atoms with Crippen LogP contribution in [-0.2, 0) is 0 Å². The Morgan fingerprint density at radius 3 is 2.90 bits per heavy atom. The number of nitrogens with one attached hydrogen (secondary N) is 2. The molecule has 3 nitrogen and oxygen atoms in total. The number of hydrogen-bond donors (Lipinski definition) is 2. The van der Waals surface area contributed by atoms with E-state index in [1.165, 1.54) is 4.88 Å². The zero-order valence-corrected chi connectivity index (χ0v) is 13.3. The Kier molecular flexibility index (Phi) is 3.89. The van der Waals surface area contributed by atoms with Crippen LogP contribution in [0.4, 0.5) is 5.69 Å². The van der Waals surface area contributed by atoms with E-state index in [1.807, 2.05) is 6.07 Å². The van der Waals surface area contributed by atoms with Crippen molar-refractivity contribution in [3.8, 4) is 11.3 Å². The number of H-pyrrole nitrogens is 1. The van der Waals surface area contributed by atoms with E-state index in [0.717, 1.165) is 21.4 Å². The van der Waals surface area contributed by atoms with Gasteiger partial charge < -0.3 is 5.32 Å². The fraction of sp³-hybridized carbons (Fsp3) is 0.133. The second-order valence-corrected chi connectivity index (χ2v) is 6.44. The van der Waals surface area contributed by atoms with E-state index in [2.05, 4.69) is 74.1 Å². The predicted octanol–water partition coefficient (Wildman–Crippen LogP) is 5.07. The van der Waals surface area contributed by atoms with Gasteiger partial charge in [-0.15, -0.1) is 11.3 Å². The Morgan fingerprint density at radius 1 is 1.30 bits per heavy atom. The van der Waals surface area contributed by atoms with E-state index in [9.17, 15) is 0 Å². The summed E-state index contributed by atoms with van der Waals surface area (Å²) < 4.78 is 1.14. The molecule has 0 bridgehead atoms. The molecule has 0 aliphatic rings. The first kappa shape index (κ1) is 13.4. The number of aromatic nitrogens is 2. The first-order valence-corrected chi connectivity index (χ1v) is 8.00. The van der Waals surface area contributed by atoms with Crippen LogP contribution in [0.25, 0.3) is 11.3 Å². The molecule has 1 atom stereocenters. The number of nitrogens with zero attached hydrogens (tertiary/aromatic N) is 1. The molecule has 2 heterocycles. The average Bonchev–Trinajstić information content (AvgIpc) is 3.10. The van der Waals surface area contributed by atoms with Crippen LogP contribution < -0.4 is 5.32 Å². The number of benzene rings is 1. The quantitative estimate of drug-likeness (QED) is 0.691. The molecule has 0 aliphatic heterocycles. The minimum Gasteiger partial charge on any atom is -0.378 e. The number of anilines is 1. The Morgan fingerprint density at radius 2 is 2.20 bits per heavy atom. The maximum Gasteiger partial charge on any atom is 0.0650 e. The van der Waals surface area contributed by atoms with Crippen molar-refractivity contribution >= 4 is 33.0 Å². The topological polar surface area (TPSA) is 40.7 Å². The van der Waals surface area contributed by atoms with Gasteiger partial charge in [0.1, 0.15) is 0 Å². The Labute approximate surface area is 130 Å². The minimum atomic E-state index is 0.281. The number of aromatic amines is 1. The van der Waals surface area contributed by atoms with E-state index in [-0.39, 0.29) is 6.04 Å². The monoisotopic (exact) mass is 347 g/mol. The van der Waals surface area contributed by atoms with E-state index in [0.29, 0.717) is 0 Å². The lowest BCUT2D eigenvalue weighted by atomic mass is 10.1. The van der Waals surface area contributed by atoms with Gasteiger partial charge in [-0.05, 0) is 47.1 Å². The van der Waals surface area contributed by atoms with Crippen LogP contribution in [0.2, 0.25) is 0 Å². The van der Waals surface area contributed by atoms with Crippen molar-refractivity contribution in [3.63, 3.8) is 0 Å². The van der Waals surface area contributed by atoms with E-state index >= 15 is 0 Å². The number of thiophene rings is 1. The summed E-state index contributed by atoms with van der Waals surface area (Å²) in [5.74, 6) is 0. The molecular formula is C15H14BrN3S. The fourth-order valence-electron chi connectivity index (χ4n) is 2.07. The summed E-state index contributed by atoms with van der Waals surface area (Å²) in [6.45, 7) is 2.17. The molecule has 0 aliphatic carbocycles. The molecule has 2 N–H and O–H groups in total. The lowest BCUT2D eigenvalue weighted by Crippen LogP contribution is -2.04. The normalized spacial score (nSPS) is 12.3. The first-order chi connectivity index (χ1) is 9.72. The average molecular weight is 348 g/mol. The number of rotatable bonds is 4. The number of halogens is 1. The van der Waals surface area contributed by atoms with Gasteiger partial charge >= 0.3 is 0 Å². The molecule has 5 heteroatoms. The second kappa shape index (κ2) is 5.81. The molecule has 0 fully saturated rings. The standard InChI is InChI=1S/C15H14BrN3S/c1-10(15-8-12(16)9-20-15)18-13-4-2-3-11(7-13)14-5-6-17-19-14/h2-10,18H,1H3,(H,17,19). The number of hydrogen-bond acceptors (Lipinski definition) is 3. The van der Waals surface area contributed by atoms with Gasteiger partial charge in [0, 0.05) is 32.2 Å². The Balaban J connectivity index is 1.79. The highest BCUT2D eigenvalue weighted by atomic mass is 79.9. The van der Waals surface area contributed by atoms with E-state index in [4.69, 9.17) is 0 Å². The van der Waals surface area contributed by atoms with Crippen molar-refractivity contribution in [3.05, 3.63) is 57.3 Å². The van der Waals surface area contributed by atoms with E-state index < -0.39 is 0 Å². The SMILES string of the molecule is CC(Nc1cccc(-c2ccn[nH]2)c1)c1cc(Br)cs1. The maximum absolute atomic E-state index is 3.99. The van der Waals surface area contributed by atoms with Gasteiger partial charge in [-0.1, -0.05) is 12.1 Å². The third-order valence-corrected chi connectivity index (χ3v) is 4.95. The zero-order chi connectivity index (χ0) is 13.9. The smallest absolute Gasteiger partial charge is 0.0650 e. The van der Waals surface area contributed by atoms with Gasteiger partial charge in [0.15, 0.2) is 0 Å². The molecule has 0 saturated carbocycles. The molecule has 0 saturated heterocycles. The molecule has 0 amide bonds. The van der Waals surface area contributed by atoms with Gasteiger partial charge in [0.05, 0.1) is 11.7 Å². The summed E-state index contributed by atoms with van der Waals surface area (Å²) in [5.41, 5.74) is 3.27. The highest BCUT2D eigenvalue weighted by molar-refractivity contribution is 9.10. The third-order valence-electron chi connectivity index (χ3n) is 3.07. The van der Waals surface area contributed by atoms with Gasteiger partial charge in [-0.25, -0.2) is 0 Å². The molecular weight excluding hydrogens is 334 g/mol. The van der Waals surface area contributed by atoms with Crippen molar-refractivity contribution in [2.75, 3.05) is 5.32 Å². The van der Waals surface area contributed by atoms with Gasteiger partial charge in [-0.2, -0.15) is 5.10 Å². The van der Waals surface area contributed by atoms with Gasteiger partial charge in [0.2, 0.25) is 0 Å². The largest absolute Gasteiger partial charge is 0.378 e. The molecule has 102 valence electrons. The van der Waals surface area contributed by atoms with Crippen LogP contribution in [-0.4, -0.2) is 10.2 Å². The maximum atomic E-state index is 3.99. The lowest BCUT2D eigenvalue weighted by Gasteiger charge is -2.14. The van der Waals surface area contributed by atoms with Crippen LogP contribution >= 0.6 is 27.3 Å². The highest BCUT2D eigenvalue weighted by Gasteiger charge is 2.08. The fourth-order valence-corrected chi connectivity index (χ4v) is 3.52. The van der Waals surface area contributed by atoms with E-state index in [1.54, 1.807) is 17.5 Å². The summed E-state index contributed by atoms with van der Waals surface area (Å²) in [4.78, 5) is 1.31. The lowest BCUT2D eigenvalue weighted by molar-refractivity contribution is 0.908. The molecule has 3 rings (SSSR count). The summed E-state index contributed by atoms with van der Waals surface area (Å²) in [7, 11) is 0. The molecule has 0 spiro atoms. The summed E-state index contributed by atoms with van der Waals surface area (Å²) in [6.07, 6.45) is 1.77. The summed E-state index contributed by atoms with van der Waals surface area (Å²) in [5, 5.41) is 12.6. The summed E-state index contributed by atoms with van der Waals surface area (Å²) >= 11 is 5.25. The Bertz CT molecular complexity index is 691.